The number of carbonyl (C=O) groups is 1. The molecule has 9 heteroatoms. The molecule has 0 saturated carbocycles. The number of esters is 1. The number of anilines is 1. The van der Waals surface area contributed by atoms with Crippen LogP contribution in [0.25, 0.3) is 5.82 Å². The SMILES string of the molecule is CC(=O)OCc1cn(-c2nonc2N)nn1. The van der Waals surface area contributed by atoms with Crippen LogP contribution < -0.4 is 5.73 Å². The molecule has 0 aliphatic heterocycles. The average molecular weight is 224 g/mol. The summed E-state index contributed by atoms with van der Waals surface area (Å²) in [6, 6.07) is 0. The van der Waals surface area contributed by atoms with Crippen LogP contribution in [-0.4, -0.2) is 31.3 Å². The number of rotatable bonds is 3. The molecule has 2 aromatic rings. The molecule has 0 amide bonds. The molecule has 0 aliphatic carbocycles. The zero-order chi connectivity index (χ0) is 11.5. The Bertz CT molecular complexity index is 504. The lowest BCUT2D eigenvalue weighted by atomic mass is 10.5. The number of hydrogen-bond donors (Lipinski definition) is 1. The van der Waals surface area contributed by atoms with E-state index in [1.807, 2.05) is 0 Å². The van der Waals surface area contributed by atoms with Crippen molar-refractivity contribution >= 4 is 11.8 Å². The Morgan fingerprint density at radius 1 is 1.62 bits per heavy atom. The number of aromatic nitrogens is 5. The predicted octanol–water partition coefficient (Wildman–Crippen LogP) is -0.704. The summed E-state index contributed by atoms with van der Waals surface area (Å²) in [7, 11) is 0. The molecular formula is C7H8N6O3. The van der Waals surface area contributed by atoms with Crippen molar-refractivity contribution in [1.29, 1.82) is 0 Å². The summed E-state index contributed by atoms with van der Waals surface area (Å²) in [5.41, 5.74) is 5.93. The number of hydrogen-bond acceptors (Lipinski definition) is 8. The van der Waals surface area contributed by atoms with Crippen molar-refractivity contribution in [3.63, 3.8) is 0 Å². The lowest BCUT2D eigenvalue weighted by Crippen LogP contribution is -2.00. The van der Waals surface area contributed by atoms with Gasteiger partial charge in [-0.05, 0) is 10.3 Å². The van der Waals surface area contributed by atoms with Crippen molar-refractivity contribution in [2.75, 3.05) is 5.73 Å². The zero-order valence-electron chi connectivity index (χ0n) is 8.32. The summed E-state index contributed by atoms with van der Waals surface area (Å²) in [5, 5.41) is 14.4. The maximum atomic E-state index is 10.6. The molecule has 2 heterocycles. The van der Waals surface area contributed by atoms with Gasteiger partial charge in [0.2, 0.25) is 11.6 Å². The van der Waals surface area contributed by atoms with Gasteiger partial charge in [-0.25, -0.2) is 4.63 Å². The highest BCUT2D eigenvalue weighted by Crippen LogP contribution is 2.10. The van der Waals surface area contributed by atoms with Crippen LogP contribution in [0.2, 0.25) is 0 Å². The van der Waals surface area contributed by atoms with Gasteiger partial charge in [0, 0.05) is 6.92 Å². The van der Waals surface area contributed by atoms with Crippen LogP contribution in [0, 0.1) is 0 Å². The standard InChI is InChI=1S/C7H8N6O3/c1-4(14)15-3-5-2-13(12-9-5)7-6(8)10-16-11-7/h2H,3H2,1H3,(H2,8,10). The fourth-order valence-electron chi connectivity index (χ4n) is 0.993. The normalized spacial score (nSPS) is 10.3. The Kier molecular flexibility index (Phi) is 2.50. The third-order valence-corrected chi connectivity index (χ3v) is 1.68. The van der Waals surface area contributed by atoms with Crippen LogP contribution in [0.1, 0.15) is 12.6 Å². The molecule has 0 bridgehead atoms. The van der Waals surface area contributed by atoms with Crippen molar-refractivity contribution in [2.24, 2.45) is 0 Å². The number of nitrogen functional groups attached to an aromatic ring is 1. The fourth-order valence-corrected chi connectivity index (χ4v) is 0.993. The summed E-state index contributed by atoms with van der Waals surface area (Å²) in [6.07, 6.45) is 1.51. The topological polar surface area (TPSA) is 122 Å². The molecule has 0 spiro atoms. The molecule has 0 radical (unpaired) electrons. The largest absolute Gasteiger partial charge is 0.459 e. The van der Waals surface area contributed by atoms with Gasteiger partial charge in [-0.15, -0.1) is 5.10 Å². The molecule has 0 aliphatic rings. The van der Waals surface area contributed by atoms with E-state index in [0.29, 0.717) is 5.69 Å². The van der Waals surface area contributed by atoms with E-state index in [2.05, 4.69) is 25.3 Å². The Morgan fingerprint density at radius 2 is 2.44 bits per heavy atom. The van der Waals surface area contributed by atoms with Crippen molar-refractivity contribution in [3.8, 4) is 5.82 Å². The molecule has 0 fully saturated rings. The fraction of sp³-hybridized carbons (Fsp3) is 0.286. The molecule has 16 heavy (non-hydrogen) atoms. The zero-order valence-corrected chi connectivity index (χ0v) is 8.32. The molecule has 0 saturated heterocycles. The van der Waals surface area contributed by atoms with Crippen molar-refractivity contribution in [2.45, 2.75) is 13.5 Å². The molecule has 2 N–H and O–H groups in total. The van der Waals surface area contributed by atoms with Crippen molar-refractivity contribution in [3.05, 3.63) is 11.9 Å². The van der Waals surface area contributed by atoms with Crippen LogP contribution in [-0.2, 0) is 16.1 Å². The average Bonchev–Trinajstić information content (AvgIpc) is 2.83. The summed E-state index contributed by atoms with van der Waals surface area (Å²) < 4.78 is 10.4. The summed E-state index contributed by atoms with van der Waals surface area (Å²) >= 11 is 0. The first kappa shape index (κ1) is 10.1. The van der Waals surface area contributed by atoms with Crippen LogP contribution in [0.15, 0.2) is 10.8 Å². The Morgan fingerprint density at radius 3 is 3.06 bits per heavy atom. The summed E-state index contributed by atoms with van der Waals surface area (Å²) in [4.78, 5) is 10.6. The maximum absolute atomic E-state index is 10.6. The first-order chi connectivity index (χ1) is 7.66. The maximum Gasteiger partial charge on any atom is 0.303 e. The van der Waals surface area contributed by atoms with Gasteiger partial charge < -0.3 is 10.5 Å². The third kappa shape index (κ3) is 1.97. The lowest BCUT2D eigenvalue weighted by molar-refractivity contribution is -0.142. The smallest absolute Gasteiger partial charge is 0.303 e. The molecule has 0 aromatic carbocycles. The Balaban J connectivity index is 2.14. The van der Waals surface area contributed by atoms with Gasteiger partial charge in [-0.3, -0.25) is 4.79 Å². The molecule has 2 aromatic heterocycles. The summed E-state index contributed by atoms with van der Waals surface area (Å²) in [5.74, 6) is -0.0531. The van der Waals surface area contributed by atoms with Gasteiger partial charge in [0.1, 0.15) is 12.3 Å². The predicted molar refractivity (Wildman–Crippen MR) is 49.1 cm³/mol. The molecular weight excluding hydrogens is 216 g/mol. The Labute approximate surface area is 89.1 Å². The van der Waals surface area contributed by atoms with Crippen LogP contribution in [0.3, 0.4) is 0 Å². The van der Waals surface area contributed by atoms with E-state index in [1.165, 1.54) is 17.8 Å². The van der Waals surface area contributed by atoms with Gasteiger partial charge in [0.15, 0.2) is 0 Å². The quantitative estimate of drug-likeness (QED) is 0.678. The first-order valence-electron chi connectivity index (χ1n) is 4.30. The number of carbonyl (C=O) groups excluding carboxylic acids is 1. The van der Waals surface area contributed by atoms with E-state index in [4.69, 9.17) is 10.5 Å². The van der Waals surface area contributed by atoms with Crippen molar-refractivity contribution < 1.29 is 14.2 Å². The highest BCUT2D eigenvalue weighted by molar-refractivity contribution is 5.65. The van der Waals surface area contributed by atoms with Gasteiger partial charge in [0.05, 0.1) is 6.20 Å². The molecule has 9 nitrogen and oxygen atoms in total. The van der Waals surface area contributed by atoms with Crippen LogP contribution >= 0.6 is 0 Å². The van der Waals surface area contributed by atoms with Crippen LogP contribution in [0.4, 0.5) is 5.82 Å². The van der Waals surface area contributed by atoms with E-state index in [9.17, 15) is 4.79 Å². The second kappa shape index (κ2) is 3.96. The highest BCUT2D eigenvalue weighted by Gasteiger charge is 2.11. The number of nitrogens with two attached hydrogens (primary N) is 1. The third-order valence-electron chi connectivity index (χ3n) is 1.68. The van der Waals surface area contributed by atoms with Gasteiger partial charge >= 0.3 is 5.97 Å². The summed E-state index contributed by atoms with van der Waals surface area (Å²) in [6.45, 7) is 1.35. The second-order valence-electron chi connectivity index (χ2n) is 2.91. The highest BCUT2D eigenvalue weighted by atomic mass is 16.6. The molecule has 0 unspecified atom stereocenters. The minimum Gasteiger partial charge on any atom is -0.459 e. The first-order valence-corrected chi connectivity index (χ1v) is 4.30. The Hall–Kier alpha value is -2.45. The number of ether oxygens (including phenoxy) is 1. The van der Waals surface area contributed by atoms with Crippen molar-refractivity contribution in [1.82, 2.24) is 25.3 Å². The molecule has 0 atom stereocenters. The van der Waals surface area contributed by atoms with E-state index >= 15 is 0 Å². The van der Waals surface area contributed by atoms with E-state index in [-0.39, 0.29) is 18.2 Å². The monoisotopic (exact) mass is 224 g/mol. The minimum atomic E-state index is -0.392. The van der Waals surface area contributed by atoms with Crippen LogP contribution in [0.5, 0.6) is 0 Å². The van der Waals surface area contributed by atoms with Gasteiger partial charge in [-0.2, -0.15) is 4.68 Å². The minimum absolute atomic E-state index is 0.0422. The molecule has 2 rings (SSSR count). The van der Waals surface area contributed by atoms with Gasteiger partial charge in [-0.1, -0.05) is 5.21 Å². The van der Waals surface area contributed by atoms with E-state index in [0.717, 1.165) is 0 Å². The van der Waals surface area contributed by atoms with E-state index < -0.39 is 5.97 Å². The van der Waals surface area contributed by atoms with E-state index in [1.54, 1.807) is 0 Å². The lowest BCUT2D eigenvalue weighted by Gasteiger charge is -1.95. The number of nitrogens with zero attached hydrogens (tertiary/aromatic N) is 5. The van der Waals surface area contributed by atoms with Gasteiger partial charge in [0.25, 0.3) is 0 Å². The second-order valence-corrected chi connectivity index (χ2v) is 2.91. The molecule has 84 valence electrons.